The first-order valence-electron chi connectivity index (χ1n) is 12.3. The minimum Gasteiger partial charge on any atom is -0.481 e. The Bertz CT molecular complexity index is 993. The van der Waals surface area contributed by atoms with Gasteiger partial charge in [-0.05, 0) is 43.4 Å². The number of anilines is 1. The van der Waals surface area contributed by atoms with Gasteiger partial charge in [-0.3, -0.25) is 13.9 Å². The van der Waals surface area contributed by atoms with Crippen LogP contribution in [0.25, 0.3) is 10.4 Å². The third kappa shape index (κ3) is 5.14. The van der Waals surface area contributed by atoms with Crippen molar-refractivity contribution in [3.63, 3.8) is 0 Å². The average Bonchev–Trinajstić information content (AvgIpc) is 3.30. The van der Waals surface area contributed by atoms with Crippen molar-refractivity contribution in [1.29, 1.82) is 0 Å². The third-order valence-corrected chi connectivity index (χ3v) is 10.5. The number of rotatable bonds is 5. The Labute approximate surface area is 206 Å². The number of carboxylic acids is 1. The highest BCUT2D eigenvalue weighted by Crippen LogP contribution is 2.46. The summed E-state index contributed by atoms with van der Waals surface area (Å²) in [5.41, 5.74) is 3.14. The maximum atomic E-state index is 12.1. The number of aromatic nitrogens is 1. The fourth-order valence-electron chi connectivity index (χ4n) is 5.49. The number of ether oxygens (including phenoxy) is 1. The maximum absolute atomic E-state index is 12.1. The number of thiazole rings is 1. The largest absolute Gasteiger partial charge is 0.481 e. The van der Waals surface area contributed by atoms with Crippen LogP contribution in [0.3, 0.4) is 0 Å². The van der Waals surface area contributed by atoms with Gasteiger partial charge in [-0.2, -0.15) is 10.6 Å². The van der Waals surface area contributed by atoms with Crippen molar-refractivity contribution in [2.75, 3.05) is 42.7 Å². The second-order valence-electron chi connectivity index (χ2n) is 9.73. The Kier molecular flexibility index (Phi) is 7.18. The fourth-order valence-corrected chi connectivity index (χ4v) is 8.03. The number of carboxylic acid groups (broad SMARTS) is 1. The molecule has 3 heterocycles. The van der Waals surface area contributed by atoms with E-state index < -0.39 is 16.6 Å². The molecule has 2 aromatic rings. The maximum Gasteiger partial charge on any atom is 0.307 e. The molecule has 186 valence electrons. The van der Waals surface area contributed by atoms with E-state index in [1.807, 2.05) is 0 Å². The molecule has 1 aromatic carbocycles. The number of hydrogen-bond donors (Lipinski definition) is 3. The molecule has 0 amide bonds. The molecule has 2 aliphatic heterocycles. The Morgan fingerprint density at radius 3 is 2.38 bits per heavy atom. The van der Waals surface area contributed by atoms with Gasteiger partial charge in [0.1, 0.15) is 0 Å². The van der Waals surface area contributed by atoms with E-state index in [4.69, 9.17) is 9.72 Å². The van der Waals surface area contributed by atoms with Crippen LogP contribution >= 0.6 is 21.9 Å². The molecule has 3 N–H and O–H groups in total. The summed E-state index contributed by atoms with van der Waals surface area (Å²) in [6.07, 6.45) is 5.54. The van der Waals surface area contributed by atoms with Crippen molar-refractivity contribution in [3.8, 4) is 10.4 Å². The van der Waals surface area contributed by atoms with E-state index in [0.29, 0.717) is 30.5 Å². The van der Waals surface area contributed by atoms with E-state index in [1.165, 1.54) is 0 Å². The molecule has 9 heteroatoms. The van der Waals surface area contributed by atoms with Crippen molar-refractivity contribution in [2.24, 2.45) is 5.92 Å². The Morgan fingerprint density at radius 1 is 1.03 bits per heavy atom. The SMILES string of the molecule is O=C(O)C1CCCCC1c1nc(C2CCOCC2)sc1-c1ccc(N2CCS(O)(O)CC2)cc1. The number of aliphatic carboxylic acids is 1. The number of hydrogen-bond acceptors (Lipinski definition) is 7. The highest BCUT2D eigenvalue weighted by molar-refractivity contribution is 8.24. The van der Waals surface area contributed by atoms with E-state index in [2.05, 4.69) is 29.2 Å². The summed E-state index contributed by atoms with van der Waals surface area (Å²) >= 11 is 1.73. The first kappa shape index (κ1) is 24.1. The van der Waals surface area contributed by atoms with Crippen molar-refractivity contribution in [1.82, 2.24) is 4.98 Å². The monoisotopic (exact) mass is 506 g/mol. The normalized spacial score (nSPS) is 26.8. The minimum atomic E-state index is -2.42. The lowest BCUT2D eigenvalue weighted by Crippen LogP contribution is -2.38. The van der Waals surface area contributed by atoms with Crippen molar-refractivity contribution in [3.05, 3.63) is 35.0 Å². The summed E-state index contributed by atoms with van der Waals surface area (Å²) in [5, 5.41) is 11.0. The lowest BCUT2D eigenvalue weighted by Gasteiger charge is -2.41. The van der Waals surface area contributed by atoms with Crippen molar-refractivity contribution < 1.29 is 23.7 Å². The van der Waals surface area contributed by atoms with Gasteiger partial charge < -0.3 is 14.7 Å². The molecular weight excluding hydrogens is 472 g/mol. The molecule has 1 aromatic heterocycles. The van der Waals surface area contributed by atoms with E-state index in [9.17, 15) is 19.0 Å². The second kappa shape index (κ2) is 10.1. The second-order valence-corrected chi connectivity index (χ2v) is 13.2. The van der Waals surface area contributed by atoms with Gasteiger partial charge in [0, 0.05) is 43.8 Å². The highest BCUT2D eigenvalue weighted by atomic mass is 32.3. The zero-order valence-electron chi connectivity index (χ0n) is 19.4. The summed E-state index contributed by atoms with van der Waals surface area (Å²) in [5.74, 6) is 0.0942. The first-order chi connectivity index (χ1) is 16.4. The number of nitrogens with zero attached hydrogens (tertiary/aromatic N) is 2. The summed E-state index contributed by atoms with van der Waals surface area (Å²) < 4.78 is 25.4. The molecule has 5 rings (SSSR count). The van der Waals surface area contributed by atoms with Gasteiger partial charge in [-0.1, -0.05) is 25.0 Å². The van der Waals surface area contributed by atoms with Gasteiger partial charge in [0.2, 0.25) is 0 Å². The Morgan fingerprint density at radius 2 is 1.71 bits per heavy atom. The summed E-state index contributed by atoms with van der Waals surface area (Å²) in [4.78, 5) is 20.5. The molecule has 2 unspecified atom stereocenters. The molecule has 34 heavy (non-hydrogen) atoms. The van der Waals surface area contributed by atoms with Crippen LogP contribution in [-0.2, 0) is 9.53 Å². The Balaban J connectivity index is 1.46. The van der Waals surface area contributed by atoms with Gasteiger partial charge in [-0.15, -0.1) is 11.3 Å². The molecule has 3 fully saturated rings. The molecule has 3 aliphatic rings. The standard InChI is InChI=1S/C25H34N2O5S2/c28-25(29)21-4-2-1-3-20(21)22-23(33-24(26-22)18-9-13-32-14-10-18)17-5-7-19(8-6-17)27-11-15-34(30,31)16-12-27/h5-8,18,20-21,30-31H,1-4,9-16H2,(H,28,29). The van der Waals surface area contributed by atoms with Gasteiger partial charge in [0.15, 0.2) is 0 Å². The van der Waals surface area contributed by atoms with Crippen LogP contribution in [0.2, 0.25) is 0 Å². The third-order valence-electron chi connectivity index (χ3n) is 7.55. The molecule has 2 saturated heterocycles. The minimum absolute atomic E-state index is 0.0435. The molecule has 1 saturated carbocycles. The van der Waals surface area contributed by atoms with Crippen LogP contribution in [0.15, 0.2) is 24.3 Å². The predicted octanol–water partition coefficient (Wildman–Crippen LogP) is 5.63. The van der Waals surface area contributed by atoms with Crippen LogP contribution in [0, 0.1) is 5.92 Å². The molecule has 0 spiro atoms. The van der Waals surface area contributed by atoms with Crippen LogP contribution in [0.4, 0.5) is 5.69 Å². The first-order valence-corrected chi connectivity index (χ1v) is 15.0. The quantitative estimate of drug-likeness (QED) is 0.483. The predicted molar refractivity (Wildman–Crippen MR) is 137 cm³/mol. The average molecular weight is 507 g/mol. The fraction of sp³-hybridized carbons (Fsp3) is 0.600. The van der Waals surface area contributed by atoms with Crippen molar-refractivity contribution in [2.45, 2.75) is 50.4 Å². The molecule has 1 aliphatic carbocycles. The lowest BCUT2D eigenvalue weighted by molar-refractivity contribution is -0.143. The van der Waals surface area contributed by atoms with Gasteiger partial charge >= 0.3 is 5.97 Å². The Hall–Kier alpha value is -1.65. The molecule has 7 nitrogen and oxygen atoms in total. The van der Waals surface area contributed by atoms with E-state index in [-0.39, 0.29) is 11.8 Å². The molecular formula is C25H34N2O5S2. The van der Waals surface area contributed by atoms with Crippen LogP contribution in [-0.4, -0.2) is 63.0 Å². The summed E-state index contributed by atoms with van der Waals surface area (Å²) in [7, 11) is -2.42. The van der Waals surface area contributed by atoms with Gasteiger partial charge in [-0.25, -0.2) is 4.98 Å². The van der Waals surface area contributed by atoms with Gasteiger partial charge in [0.25, 0.3) is 0 Å². The smallest absolute Gasteiger partial charge is 0.307 e. The zero-order chi connectivity index (χ0) is 23.7. The molecule has 0 radical (unpaired) electrons. The van der Waals surface area contributed by atoms with Crippen LogP contribution in [0.5, 0.6) is 0 Å². The van der Waals surface area contributed by atoms with Gasteiger partial charge in [0.05, 0.1) is 33.0 Å². The van der Waals surface area contributed by atoms with E-state index >= 15 is 0 Å². The molecule has 2 atom stereocenters. The highest BCUT2D eigenvalue weighted by Gasteiger charge is 2.36. The molecule has 0 bridgehead atoms. The number of benzene rings is 1. The summed E-state index contributed by atoms with van der Waals surface area (Å²) in [6, 6.07) is 8.43. The van der Waals surface area contributed by atoms with E-state index in [0.717, 1.165) is 78.6 Å². The van der Waals surface area contributed by atoms with Crippen molar-refractivity contribution >= 4 is 33.6 Å². The summed E-state index contributed by atoms with van der Waals surface area (Å²) in [6.45, 7) is 2.80. The zero-order valence-corrected chi connectivity index (χ0v) is 21.0. The van der Waals surface area contributed by atoms with E-state index in [1.54, 1.807) is 11.3 Å². The van der Waals surface area contributed by atoms with Crippen LogP contribution < -0.4 is 4.90 Å². The lowest BCUT2D eigenvalue weighted by atomic mass is 9.77. The number of carbonyl (C=O) groups is 1. The van der Waals surface area contributed by atoms with Crippen LogP contribution in [0.1, 0.15) is 61.1 Å². The topological polar surface area (TPSA) is 103 Å².